The maximum absolute atomic E-state index is 9.94. The molecule has 1 aromatic carbocycles. The Morgan fingerprint density at radius 1 is 1.47 bits per heavy atom. The summed E-state index contributed by atoms with van der Waals surface area (Å²) in [5, 5.41) is 14.6. The fourth-order valence-corrected chi connectivity index (χ4v) is 2.54. The first-order valence-corrected chi connectivity index (χ1v) is 6.17. The molecule has 0 spiro atoms. The van der Waals surface area contributed by atoms with Gasteiger partial charge in [0.2, 0.25) is 0 Å². The molecular formula is C14H18N2O. The lowest BCUT2D eigenvalue weighted by Gasteiger charge is -2.43. The van der Waals surface area contributed by atoms with Crippen molar-refractivity contribution in [2.24, 2.45) is 0 Å². The van der Waals surface area contributed by atoms with Crippen LogP contribution in [0, 0.1) is 0 Å². The van der Waals surface area contributed by atoms with Crippen LogP contribution in [0.25, 0.3) is 10.9 Å². The molecule has 0 amide bonds. The van der Waals surface area contributed by atoms with Crippen molar-refractivity contribution in [3.8, 4) is 0 Å². The second kappa shape index (κ2) is 3.86. The minimum atomic E-state index is -0.522. The van der Waals surface area contributed by atoms with Crippen LogP contribution in [0.15, 0.2) is 30.5 Å². The lowest BCUT2D eigenvalue weighted by molar-refractivity contribution is -0.0522. The van der Waals surface area contributed by atoms with Gasteiger partial charge in [-0.1, -0.05) is 18.2 Å². The lowest BCUT2D eigenvalue weighted by atomic mass is 9.76. The molecule has 0 aliphatic heterocycles. The Labute approximate surface area is 101 Å². The van der Waals surface area contributed by atoms with Crippen molar-refractivity contribution in [2.45, 2.75) is 38.0 Å². The molecule has 1 fully saturated rings. The van der Waals surface area contributed by atoms with Crippen molar-refractivity contribution in [1.29, 1.82) is 0 Å². The number of benzene rings is 1. The number of aromatic nitrogens is 1. The van der Waals surface area contributed by atoms with E-state index < -0.39 is 5.60 Å². The van der Waals surface area contributed by atoms with Crippen molar-refractivity contribution >= 4 is 10.9 Å². The highest BCUT2D eigenvalue weighted by atomic mass is 16.3. The summed E-state index contributed by atoms with van der Waals surface area (Å²) in [6.07, 6.45) is 4.01. The quantitative estimate of drug-likeness (QED) is 0.757. The van der Waals surface area contributed by atoms with Crippen LogP contribution in [0.1, 0.15) is 25.3 Å². The second-order valence-corrected chi connectivity index (χ2v) is 5.19. The molecule has 17 heavy (non-hydrogen) atoms. The topological polar surface area (TPSA) is 48.0 Å². The Bertz CT molecular complexity index is 530. The fraction of sp³-hybridized carbons (Fsp3) is 0.429. The molecule has 1 saturated carbocycles. The lowest BCUT2D eigenvalue weighted by Crippen LogP contribution is -2.56. The van der Waals surface area contributed by atoms with Gasteiger partial charge in [0.05, 0.1) is 5.60 Å². The monoisotopic (exact) mass is 230 g/mol. The summed E-state index contributed by atoms with van der Waals surface area (Å²) in [6.45, 7) is 2.72. The number of rotatable bonds is 3. The first-order chi connectivity index (χ1) is 8.17. The van der Waals surface area contributed by atoms with Crippen LogP contribution in [-0.2, 0) is 6.54 Å². The Kier molecular flexibility index (Phi) is 2.45. The molecule has 0 bridgehead atoms. The Hall–Kier alpha value is -1.32. The van der Waals surface area contributed by atoms with Gasteiger partial charge in [0.1, 0.15) is 0 Å². The van der Waals surface area contributed by atoms with Crippen LogP contribution in [0.3, 0.4) is 0 Å². The average Bonchev–Trinajstić information content (AvgIpc) is 2.72. The number of hydrogen-bond acceptors (Lipinski definition) is 2. The van der Waals surface area contributed by atoms with E-state index in [4.69, 9.17) is 0 Å². The van der Waals surface area contributed by atoms with Gasteiger partial charge in [-0.25, -0.2) is 0 Å². The summed E-state index contributed by atoms with van der Waals surface area (Å²) in [7, 11) is 0. The van der Waals surface area contributed by atoms with Gasteiger partial charge in [-0.15, -0.1) is 0 Å². The van der Waals surface area contributed by atoms with Crippen molar-refractivity contribution in [2.75, 3.05) is 0 Å². The van der Waals surface area contributed by atoms with E-state index in [0.29, 0.717) is 0 Å². The molecular weight excluding hydrogens is 212 g/mol. The van der Waals surface area contributed by atoms with Gasteiger partial charge < -0.3 is 15.4 Å². The molecule has 3 nitrogen and oxygen atoms in total. The zero-order chi connectivity index (χ0) is 11.9. The third kappa shape index (κ3) is 1.85. The van der Waals surface area contributed by atoms with Crippen molar-refractivity contribution in [3.05, 3.63) is 36.0 Å². The highest BCUT2D eigenvalue weighted by Crippen LogP contribution is 2.31. The molecule has 3 N–H and O–H groups in total. The largest absolute Gasteiger partial charge is 0.389 e. The van der Waals surface area contributed by atoms with E-state index in [1.807, 2.05) is 19.2 Å². The highest BCUT2D eigenvalue weighted by molar-refractivity contribution is 5.82. The summed E-state index contributed by atoms with van der Waals surface area (Å²) in [5.74, 6) is 0. The van der Waals surface area contributed by atoms with Crippen LogP contribution >= 0.6 is 0 Å². The van der Waals surface area contributed by atoms with Crippen LogP contribution in [-0.4, -0.2) is 21.7 Å². The summed E-state index contributed by atoms with van der Waals surface area (Å²) in [6, 6.07) is 8.53. The first-order valence-electron chi connectivity index (χ1n) is 6.17. The summed E-state index contributed by atoms with van der Waals surface area (Å²) < 4.78 is 0. The molecule has 1 aromatic heterocycles. The normalized spacial score (nSPS) is 28.2. The maximum Gasteiger partial charge on any atom is 0.0772 e. The zero-order valence-electron chi connectivity index (χ0n) is 10.0. The smallest absolute Gasteiger partial charge is 0.0772 e. The third-order valence-electron chi connectivity index (χ3n) is 3.90. The molecule has 2 atom stereocenters. The predicted molar refractivity (Wildman–Crippen MR) is 68.8 cm³/mol. The first kappa shape index (κ1) is 10.8. The molecule has 0 unspecified atom stereocenters. The maximum atomic E-state index is 9.94. The van der Waals surface area contributed by atoms with Gasteiger partial charge in [0.15, 0.2) is 0 Å². The Morgan fingerprint density at radius 3 is 3.00 bits per heavy atom. The SMILES string of the molecule is C[C@]1(O)CC[C@@H]1NCc1c[nH]c2ccccc12. The number of nitrogens with one attached hydrogen (secondary N) is 2. The molecule has 0 radical (unpaired) electrons. The minimum absolute atomic E-state index is 0.233. The molecule has 1 heterocycles. The van der Waals surface area contributed by atoms with E-state index in [1.165, 1.54) is 16.5 Å². The fourth-order valence-electron chi connectivity index (χ4n) is 2.54. The molecule has 90 valence electrons. The number of hydrogen-bond donors (Lipinski definition) is 3. The van der Waals surface area contributed by atoms with E-state index >= 15 is 0 Å². The van der Waals surface area contributed by atoms with E-state index in [1.54, 1.807) is 0 Å². The molecule has 3 heteroatoms. The summed E-state index contributed by atoms with van der Waals surface area (Å²) >= 11 is 0. The van der Waals surface area contributed by atoms with Gasteiger partial charge in [-0.2, -0.15) is 0 Å². The van der Waals surface area contributed by atoms with E-state index in [0.717, 1.165) is 19.4 Å². The summed E-state index contributed by atoms with van der Waals surface area (Å²) in [4.78, 5) is 3.27. The van der Waals surface area contributed by atoms with Crippen molar-refractivity contribution < 1.29 is 5.11 Å². The zero-order valence-corrected chi connectivity index (χ0v) is 10.0. The predicted octanol–water partition coefficient (Wildman–Crippen LogP) is 2.17. The minimum Gasteiger partial charge on any atom is -0.389 e. The number of para-hydroxylation sites is 1. The highest BCUT2D eigenvalue weighted by Gasteiger charge is 2.40. The molecule has 0 saturated heterocycles. The van der Waals surface area contributed by atoms with Gasteiger partial charge in [0, 0.05) is 29.7 Å². The number of aliphatic hydroxyl groups is 1. The van der Waals surface area contributed by atoms with Crippen LogP contribution in [0.5, 0.6) is 0 Å². The second-order valence-electron chi connectivity index (χ2n) is 5.19. The van der Waals surface area contributed by atoms with Gasteiger partial charge >= 0.3 is 0 Å². The molecule has 2 aromatic rings. The Balaban J connectivity index is 1.73. The van der Waals surface area contributed by atoms with E-state index in [-0.39, 0.29) is 6.04 Å². The van der Waals surface area contributed by atoms with Gasteiger partial charge in [-0.05, 0) is 31.4 Å². The van der Waals surface area contributed by atoms with E-state index in [9.17, 15) is 5.11 Å². The average molecular weight is 230 g/mol. The van der Waals surface area contributed by atoms with Crippen molar-refractivity contribution in [3.63, 3.8) is 0 Å². The van der Waals surface area contributed by atoms with Crippen LogP contribution in [0.4, 0.5) is 0 Å². The van der Waals surface area contributed by atoms with Gasteiger partial charge in [-0.3, -0.25) is 0 Å². The third-order valence-corrected chi connectivity index (χ3v) is 3.90. The van der Waals surface area contributed by atoms with Crippen LogP contribution < -0.4 is 5.32 Å². The number of H-pyrrole nitrogens is 1. The van der Waals surface area contributed by atoms with Crippen LogP contribution in [0.2, 0.25) is 0 Å². The summed E-state index contributed by atoms with van der Waals surface area (Å²) in [5.41, 5.74) is 1.92. The van der Waals surface area contributed by atoms with Crippen molar-refractivity contribution in [1.82, 2.24) is 10.3 Å². The molecule has 3 rings (SSSR count). The Morgan fingerprint density at radius 2 is 2.29 bits per heavy atom. The number of fused-ring (bicyclic) bond motifs is 1. The number of aromatic amines is 1. The standard InChI is InChI=1S/C14H18N2O/c1-14(17)7-6-13(14)16-9-10-8-15-12-5-3-2-4-11(10)12/h2-5,8,13,15-17H,6-7,9H2,1H3/t13-,14-/m0/s1. The molecule has 1 aliphatic carbocycles. The van der Waals surface area contributed by atoms with E-state index in [2.05, 4.69) is 28.5 Å². The van der Waals surface area contributed by atoms with Gasteiger partial charge in [0.25, 0.3) is 0 Å². The molecule has 1 aliphatic rings.